The monoisotopic (exact) mass is 370 g/mol. The van der Waals surface area contributed by atoms with Crippen molar-refractivity contribution in [3.05, 3.63) is 66.0 Å². The van der Waals surface area contributed by atoms with Crippen LogP contribution in [0.3, 0.4) is 0 Å². The molecule has 27 heavy (non-hydrogen) atoms. The maximum Gasteiger partial charge on any atom is 0.410 e. The molecule has 0 aromatic heterocycles. The van der Waals surface area contributed by atoms with Gasteiger partial charge in [-0.15, -0.1) is 0 Å². The number of piperidine rings is 1. The van der Waals surface area contributed by atoms with Gasteiger partial charge < -0.3 is 14.5 Å². The number of carbonyl (C=O) groups excluding carboxylic acids is 1. The lowest BCUT2D eigenvalue weighted by Gasteiger charge is -2.40. The second-order valence-corrected chi connectivity index (χ2v) is 6.95. The van der Waals surface area contributed by atoms with Gasteiger partial charge in [0, 0.05) is 31.4 Å². The van der Waals surface area contributed by atoms with Crippen LogP contribution in [0.25, 0.3) is 0 Å². The standard InChI is InChI=1S/C22H27FN2O2/c1-2-14-25(20-12-10-19(23)11-13-20)21-9-6-15-24(16-21)22(26)27-17-18-7-4-3-5-8-18/h3-5,7-8,10-13,21H,2,6,9,14-17H2,1H3. The summed E-state index contributed by atoms with van der Waals surface area (Å²) < 4.78 is 18.8. The van der Waals surface area contributed by atoms with E-state index in [0.29, 0.717) is 13.1 Å². The number of rotatable bonds is 6. The number of ether oxygens (including phenoxy) is 1. The van der Waals surface area contributed by atoms with Crippen molar-refractivity contribution in [1.82, 2.24) is 4.90 Å². The summed E-state index contributed by atoms with van der Waals surface area (Å²) in [5.74, 6) is -0.232. The number of benzene rings is 2. The fourth-order valence-electron chi connectivity index (χ4n) is 3.58. The summed E-state index contributed by atoms with van der Waals surface area (Å²) in [6, 6.07) is 16.5. The fourth-order valence-corrected chi connectivity index (χ4v) is 3.58. The molecule has 1 saturated heterocycles. The predicted octanol–water partition coefficient (Wildman–Crippen LogP) is 4.84. The molecular weight excluding hydrogens is 343 g/mol. The number of amides is 1. The van der Waals surface area contributed by atoms with Crippen molar-refractivity contribution >= 4 is 11.8 Å². The molecule has 1 fully saturated rings. The smallest absolute Gasteiger partial charge is 0.410 e. The Morgan fingerprint density at radius 2 is 1.93 bits per heavy atom. The lowest BCUT2D eigenvalue weighted by Crippen LogP contribution is -2.50. The van der Waals surface area contributed by atoms with Crippen molar-refractivity contribution in [1.29, 1.82) is 0 Å². The Labute approximate surface area is 160 Å². The van der Waals surface area contributed by atoms with E-state index in [2.05, 4.69) is 11.8 Å². The molecular formula is C22H27FN2O2. The van der Waals surface area contributed by atoms with Crippen molar-refractivity contribution in [2.24, 2.45) is 0 Å². The highest BCUT2D eigenvalue weighted by molar-refractivity contribution is 5.68. The zero-order chi connectivity index (χ0) is 19.1. The van der Waals surface area contributed by atoms with Crippen LogP contribution in [-0.2, 0) is 11.3 Å². The molecule has 5 heteroatoms. The molecule has 0 bridgehead atoms. The van der Waals surface area contributed by atoms with E-state index in [1.807, 2.05) is 42.5 Å². The molecule has 0 saturated carbocycles. The Hall–Kier alpha value is -2.56. The predicted molar refractivity (Wildman–Crippen MR) is 105 cm³/mol. The molecule has 0 radical (unpaired) electrons. The first-order chi connectivity index (χ1) is 13.2. The van der Waals surface area contributed by atoms with Gasteiger partial charge in [-0.2, -0.15) is 0 Å². The van der Waals surface area contributed by atoms with E-state index in [-0.39, 0.29) is 24.6 Å². The van der Waals surface area contributed by atoms with Gasteiger partial charge in [-0.05, 0) is 49.1 Å². The zero-order valence-electron chi connectivity index (χ0n) is 15.8. The van der Waals surface area contributed by atoms with Gasteiger partial charge in [0.1, 0.15) is 12.4 Å². The van der Waals surface area contributed by atoms with Crippen LogP contribution in [0.5, 0.6) is 0 Å². The molecule has 144 valence electrons. The van der Waals surface area contributed by atoms with E-state index >= 15 is 0 Å². The van der Waals surface area contributed by atoms with Gasteiger partial charge >= 0.3 is 6.09 Å². The number of nitrogens with zero attached hydrogens (tertiary/aromatic N) is 2. The summed E-state index contributed by atoms with van der Waals surface area (Å²) in [6.07, 6.45) is 2.68. The second-order valence-electron chi connectivity index (χ2n) is 6.95. The summed E-state index contributed by atoms with van der Waals surface area (Å²) in [6.45, 7) is 4.64. The van der Waals surface area contributed by atoms with Crippen LogP contribution in [0.1, 0.15) is 31.7 Å². The highest BCUT2D eigenvalue weighted by atomic mass is 19.1. The lowest BCUT2D eigenvalue weighted by atomic mass is 10.0. The highest BCUT2D eigenvalue weighted by Gasteiger charge is 2.28. The van der Waals surface area contributed by atoms with Gasteiger partial charge in [0.15, 0.2) is 0 Å². The molecule has 4 nitrogen and oxygen atoms in total. The number of hydrogen-bond acceptors (Lipinski definition) is 3. The minimum atomic E-state index is -0.265. The summed E-state index contributed by atoms with van der Waals surface area (Å²) in [5, 5.41) is 0. The van der Waals surface area contributed by atoms with Crippen LogP contribution in [0.2, 0.25) is 0 Å². The van der Waals surface area contributed by atoms with Crippen molar-refractivity contribution in [2.75, 3.05) is 24.5 Å². The van der Waals surface area contributed by atoms with Gasteiger partial charge in [0.2, 0.25) is 0 Å². The average molecular weight is 370 g/mol. The molecule has 0 spiro atoms. The van der Waals surface area contributed by atoms with Gasteiger partial charge in [-0.25, -0.2) is 9.18 Å². The molecule has 2 aromatic carbocycles. The van der Waals surface area contributed by atoms with E-state index in [0.717, 1.165) is 37.1 Å². The Morgan fingerprint density at radius 1 is 1.19 bits per heavy atom. The minimum absolute atomic E-state index is 0.216. The van der Waals surface area contributed by atoms with Crippen LogP contribution in [-0.4, -0.2) is 36.7 Å². The number of likely N-dealkylation sites (tertiary alicyclic amines) is 1. The van der Waals surface area contributed by atoms with Crippen LogP contribution < -0.4 is 4.90 Å². The van der Waals surface area contributed by atoms with Crippen molar-refractivity contribution < 1.29 is 13.9 Å². The molecule has 1 aliphatic heterocycles. The number of anilines is 1. The van der Waals surface area contributed by atoms with Gasteiger partial charge in [-0.3, -0.25) is 0 Å². The second kappa shape index (κ2) is 9.40. The third kappa shape index (κ3) is 5.22. The van der Waals surface area contributed by atoms with Crippen molar-refractivity contribution in [3.8, 4) is 0 Å². The number of carbonyl (C=O) groups is 1. The van der Waals surface area contributed by atoms with E-state index in [1.165, 1.54) is 12.1 Å². The third-order valence-electron chi connectivity index (χ3n) is 4.92. The Balaban J connectivity index is 1.62. The molecule has 1 unspecified atom stereocenters. The van der Waals surface area contributed by atoms with E-state index in [4.69, 9.17) is 4.74 Å². The molecule has 1 heterocycles. The van der Waals surface area contributed by atoms with Gasteiger partial charge in [-0.1, -0.05) is 37.3 Å². The molecule has 0 aliphatic carbocycles. The van der Waals surface area contributed by atoms with Gasteiger partial charge in [0.05, 0.1) is 0 Å². The summed E-state index contributed by atoms with van der Waals surface area (Å²) in [4.78, 5) is 16.6. The first-order valence-electron chi connectivity index (χ1n) is 9.65. The van der Waals surface area contributed by atoms with Crippen LogP contribution in [0.15, 0.2) is 54.6 Å². The molecule has 0 N–H and O–H groups in total. The maximum absolute atomic E-state index is 13.3. The minimum Gasteiger partial charge on any atom is -0.445 e. The first-order valence-corrected chi connectivity index (χ1v) is 9.65. The summed E-state index contributed by atoms with van der Waals surface area (Å²) in [7, 11) is 0. The summed E-state index contributed by atoms with van der Waals surface area (Å²) in [5.41, 5.74) is 1.99. The molecule has 1 atom stereocenters. The van der Waals surface area contributed by atoms with Crippen LogP contribution >= 0.6 is 0 Å². The van der Waals surface area contributed by atoms with Gasteiger partial charge in [0.25, 0.3) is 0 Å². The average Bonchev–Trinajstić information content (AvgIpc) is 2.72. The van der Waals surface area contributed by atoms with E-state index in [9.17, 15) is 9.18 Å². The SMILES string of the molecule is CCCN(c1ccc(F)cc1)C1CCCN(C(=O)OCc2ccccc2)C1. The third-order valence-corrected chi connectivity index (χ3v) is 4.92. The summed E-state index contributed by atoms with van der Waals surface area (Å²) >= 11 is 0. The van der Waals surface area contributed by atoms with Crippen molar-refractivity contribution in [2.45, 2.75) is 38.8 Å². The topological polar surface area (TPSA) is 32.8 Å². The zero-order valence-corrected chi connectivity index (χ0v) is 15.8. The lowest BCUT2D eigenvalue weighted by molar-refractivity contribution is 0.0855. The Kier molecular flexibility index (Phi) is 6.69. The number of hydrogen-bond donors (Lipinski definition) is 0. The Bertz CT molecular complexity index is 721. The normalized spacial score (nSPS) is 16.8. The largest absolute Gasteiger partial charge is 0.445 e. The molecule has 3 rings (SSSR count). The molecule has 1 aliphatic rings. The quantitative estimate of drug-likeness (QED) is 0.729. The van der Waals surface area contributed by atoms with Crippen LogP contribution in [0.4, 0.5) is 14.9 Å². The van der Waals surface area contributed by atoms with Crippen LogP contribution in [0, 0.1) is 5.82 Å². The maximum atomic E-state index is 13.3. The molecule has 2 aromatic rings. The highest BCUT2D eigenvalue weighted by Crippen LogP contribution is 2.24. The Morgan fingerprint density at radius 3 is 2.63 bits per heavy atom. The van der Waals surface area contributed by atoms with E-state index < -0.39 is 0 Å². The number of halogens is 1. The molecule has 1 amide bonds. The first kappa shape index (κ1) is 19.2. The van der Waals surface area contributed by atoms with Crippen molar-refractivity contribution in [3.63, 3.8) is 0 Å². The van der Waals surface area contributed by atoms with E-state index in [1.54, 1.807) is 4.90 Å². The fraction of sp³-hybridized carbons (Fsp3) is 0.409.